The van der Waals surface area contributed by atoms with E-state index >= 15 is 0 Å². The van der Waals surface area contributed by atoms with Crippen LogP contribution in [0.1, 0.15) is 86.8 Å². The molecule has 2 fully saturated rings. The Kier molecular flexibility index (Phi) is 5.95. The highest BCUT2D eigenvalue weighted by Crippen LogP contribution is 2.67. The molecule has 4 atom stereocenters. The van der Waals surface area contributed by atoms with Crippen molar-refractivity contribution in [3.8, 4) is 11.8 Å². The molecule has 5 heterocycles. The Hall–Kier alpha value is -2.74. The smallest absolute Gasteiger partial charge is 0.232 e. The van der Waals surface area contributed by atoms with Crippen LogP contribution in [-0.2, 0) is 16.0 Å². The van der Waals surface area contributed by atoms with Gasteiger partial charge in [-0.15, -0.1) is 25.0 Å². The van der Waals surface area contributed by atoms with Crippen LogP contribution < -0.4 is 0 Å². The number of allylic oxidation sites excluding steroid dienone is 1. The number of hydrogen-bond acceptors (Lipinski definition) is 3. The molecule has 0 aromatic carbocycles. The Balaban J connectivity index is 1.59. The zero-order valence-corrected chi connectivity index (χ0v) is 19.5. The molecule has 2 amide bonds. The summed E-state index contributed by atoms with van der Waals surface area (Å²) in [7, 11) is 0. The minimum absolute atomic E-state index is 0.0851. The standard InChI is InChI=1S/C28H34N2O3/c1-3-5-10-14-24(31)30-20(4-2)19-28-23-15-17-29(27(28)32)16-12-9-7-6-8-11-13-21-18-22(23)25(33-21)26(28)30/h3-4,18,20,23,26H,1-2,5,7,9-17,19H2/t20-,23-,26-,28-/m0/s1. The summed E-state index contributed by atoms with van der Waals surface area (Å²) < 4.78 is 6.46. The van der Waals surface area contributed by atoms with Gasteiger partial charge in [0.2, 0.25) is 11.8 Å². The second kappa shape index (κ2) is 8.89. The Morgan fingerprint density at radius 1 is 1.24 bits per heavy atom. The van der Waals surface area contributed by atoms with Gasteiger partial charge in [0.1, 0.15) is 17.6 Å². The van der Waals surface area contributed by atoms with Gasteiger partial charge in [-0.25, -0.2) is 0 Å². The topological polar surface area (TPSA) is 53.8 Å². The first-order chi connectivity index (χ1) is 16.1. The number of aryl methyl sites for hydroxylation is 1. The number of carbonyl (C=O) groups excluding carboxylic acids is 2. The van der Waals surface area contributed by atoms with Gasteiger partial charge in [0.15, 0.2) is 0 Å². The molecule has 5 aliphatic rings. The molecule has 5 heteroatoms. The molecule has 0 saturated carbocycles. The highest BCUT2D eigenvalue weighted by molar-refractivity contribution is 5.90. The number of piperidine rings is 1. The summed E-state index contributed by atoms with van der Waals surface area (Å²) in [5.41, 5.74) is 0.520. The summed E-state index contributed by atoms with van der Waals surface area (Å²) in [5, 5.41) is 0. The highest BCUT2D eigenvalue weighted by atomic mass is 16.3. The quantitative estimate of drug-likeness (QED) is 0.367. The summed E-state index contributed by atoms with van der Waals surface area (Å²) in [6, 6.07) is 1.68. The van der Waals surface area contributed by atoms with E-state index in [-0.39, 0.29) is 29.8 Å². The molecule has 0 N–H and O–H groups in total. The normalized spacial score (nSPS) is 30.4. The number of likely N-dealkylation sites (tertiary alicyclic amines) is 1. The van der Waals surface area contributed by atoms with Gasteiger partial charge in [-0.3, -0.25) is 9.59 Å². The van der Waals surface area contributed by atoms with Crippen LogP contribution in [0.3, 0.4) is 0 Å². The highest BCUT2D eigenvalue weighted by Gasteiger charge is 2.69. The molecule has 0 radical (unpaired) electrons. The minimum Gasteiger partial charge on any atom is -0.463 e. The van der Waals surface area contributed by atoms with Crippen molar-refractivity contribution in [2.45, 2.75) is 82.2 Å². The van der Waals surface area contributed by atoms with Crippen LogP contribution >= 0.6 is 0 Å². The molecule has 2 saturated heterocycles. The average molecular weight is 447 g/mol. The lowest BCUT2D eigenvalue weighted by molar-refractivity contribution is -0.151. The fourth-order valence-corrected chi connectivity index (χ4v) is 6.64. The van der Waals surface area contributed by atoms with Crippen molar-refractivity contribution in [1.82, 2.24) is 9.80 Å². The Morgan fingerprint density at radius 3 is 2.91 bits per heavy atom. The maximum atomic E-state index is 14.2. The van der Waals surface area contributed by atoms with Crippen LogP contribution in [0.25, 0.3) is 0 Å². The molecular formula is C28H34N2O3. The number of rotatable bonds is 5. The second-order valence-corrected chi connectivity index (χ2v) is 9.91. The average Bonchev–Trinajstić information content (AvgIpc) is 3.43. The van der Waals surface area contributed by atoms with E-state index in [9.17, 15) is 9.59 Å². The summed E-state index contributed by atoms with van der Waals surface area (Å²) in [5.74, 6) is 8.69. The van der Waals surface area contributed by atoms with Crippen molar-refractivity contribution in [2.75, 3.05) is 13.1 Å². The van der Waals surface area contributed by atoms with E-state index in [0.717, 1.165) is 81.5 Å². The van der Waals surface area contributed by atoms with Crippen molar-refractivity contribution in [3.05, 3.63) is 48.5 Å². The zero-order chi connectivity index (χ0) is 23.0. The lowest BCUT2D eigenvalue weighted by Crippen LogP contribution is -2.53. The first kappa shape index (κ1) is 22.1. The molecule has 174 valence electrons. The van der Waals surface area contributed by atoms with E-state index < -0.39 is 5.41 Å². The molecule has 0 unspecified atom stereocenters. The maximum absolute atomic E-state index is 14.2. The van der Waals surface area contributed by atoms with E-state index in [1.807, 2.05) is 17.1 Å². The van der Waals surface area contributed by atoms with Gasteiger partial charge in [-0.2, -0.15) is 0 Å². The lowest BCUT2D eigenvalue weighted by atomic mass is 9.67. The fourth-order valence-electron chi connectivity index (χ4n) is 6.64. The minimum atomic E-state index is -0.630. The fraction of sp³-hybridized carbons (Fsp3) is 0.571. The van der Waals surface area contributed by atoms with Crippen molar-refractivity contribution >= 4 is 11.8 Å². The third kappa shape index (κ3) is 3.46. The number of unbranched alkanes of at least 4 members (excludes halogenated alkanes) is 1. The van der Waals surface area contributed by atoms with Crippen LogP contribution in [0.5, 0.6) is 0 Å². The molecule has 1 aromatic heterocycles. The number of furan rings is 1. The summed E-state index contributed by atoms with van der Waals surface area (Å²) in [6.07, 6.45) is 11.7. The van der Waals surface area contributed by atoms with Gasteiger partial charge >= 0.3 is 0 Å². The lowest BCUT2D eigenvalue weighted by Gasteiger charge is -2.44. The van der Waals surface area contributed by atoms with Crippen molar-refractivity contribution < 1.29 is 14.0 Å². The summed E-state index contributed by atoms with van der Waals surface area (Å²) in [4.78, 5) is 31.7. The van der Waals surface area contributed by atoms with Gasteiger partial charge in [0, 0.05) is 50.3 Å². The molecule has 4 aliphatic heterocycles. The second-order valence-electron chi connectivity index (χ2n) is 9.91. The molecule has 5 nitrogen and oxygen atoms in total. The Morgan fingerprint density at radius 2 is 2.09 bits per heavy atom. The van der Waals surface area contributed by atoms with Crippen molar-refractivity contribution in [2.24, 2.45) is 5.41 Å². The molecular weight excluding hydrogens is 412 g/mol. The van der Waals surface area contributed by atoms with E-state index in [2.05, 4.69) is 36.0 Å². The number of fused-ring (bicyclic) bond motifs is 7. The van der Waals surface area contributed by atoms with Gasteiger partial charge in [0.05, 0.1) is 11.5 Å². The largest absolute Gasteiger partial charge is 0.463 e. The predicted molar refractivity (Wildman–Crippen MR) is 127 cm³/mol. The van der Waals surface area contributed by atoms with Gasteiger partial charge in [-0.1, -0.05) is 12.2 Å². The summed E-state index contributed by atoms with van der Waals surface area (Å²) >= 11 is 0. The maximum Gasteiger partial charge on any atom is 0.232 e. The molecule has 1 spiro atoms. The number of nitrogens with zero attached hydrogens (tertiary/aromatic N) is 2. The van der Waals surface area contributed by atoms with E-state index in [0.29, 0.717) is 12.8 Å². The van der Waals surface area contributed by atoms with Crippen LogP contribution in [-0.4, -0.2) is 40.7 Å². The van der Waals surface area contributed by atoms with E-state index in [4.69, 9.17) is 4.42 Å². The van der Waals surface area contributed by atoms with E-state index in [1.54, 1.807) is 0 Å². The van der Waals surface area contributed by atoms with Crippen LogP contribution in [0.4, 0.5) is 0 Å². The van der Waals surface area contributed by atoms with Crippen molar-refractivity contribution in [3.63, 3.8) is 0 Å². The third-order valence-electron chi connectivity index (χ3n) is 8.09. The van der Waals surface area contributed by atoms with Crippen LogP contribution in [0.2, 0.25) is 0 Å². The SMILES string of the molecule is C=CCCCC(=O)N1[C@H]2c3oc4cc3[C@@H]3CCN(CCCCC#CCC4)C(=O)[C@]23C[C@@H]1C=C. The van der Waals surface area contributed by atoms with Crippen molar-refractivity contribution in [1.29, 1.82) is 0 Å². The zero-order valence-electron chi connectivity index (χ0n) is 19.5. The van der Waals surface area contributed by atoms with Gasteiger partial charge in [0.25, 0.3) is 0 Å². The number of amides is 2. The first-order valence-electron chi connectivity index (χ1n) is 12.5. The van der Waals surface area contributed by atoms with Gasteiger partial charge < -0.3 is 14.2 Å². The van der Waals surface area contributed by atoms with Gasteiger partial charge in [-0.05, 0) is 44.6 Å². The third-order valence-corrected chi connectivity index (χ3v) is 8.09. The van der Waals surface area contributed by atoms with Crippen LogP contribution in [0, 0.1) is 17.3 Å². The molecule has 1 aromatic rings. The number of hydrogen-bond donors (Lipinski definition) is 0. The molecule has 6 bridgehead atoms. The Labute approximate surface area is 196 Å². The van der Waals surface area contributed by atoms with Crippen LogP contribution in [0.15, 0.2) is 35.8 Å². The molecule has 33 heavy (non-hydrogen) atoms. The first-order valence-corrected chi connectivity index (χ1v) is 12.5. The van der Waals surface area contributed by atoms with E-state index in [1.165, 1.54) is 0 Å². The predicted octanol–water partition coefficient (Wildman–Crippen LogP) is 4.90. The summed E-state index contributed by atoms with van der Waals surface area (Å²) in [6.45, 7) is 9.37. The molecule has 6 rings (SSSR count). The monoisotopic (exact) mass is 446 g/mol. The number of carbonyl (C=O) groups is 2. The Bertz CT molecular complexity index is 1030. The molecule has 1 aliphatic carbocycles.